The molecule has 0 amide bonds. The Balaban J connectivity index is 1.73. The number of ketones is 2. The normalized spacial score (nSPS) is 45.5. The van der Waals surface area contributed by atoms with Crippen LogP contribution in [0.15, 0.2) is 23.3 Å². The van der Waals surface area contributed by atoms with Crippen LogP contribution >= 0.6 is 0 Å². The Kier molecular flexibility index (Phi) is 3.28. The second kappa shape index (κ2) is 4.91. The highest BCUT2D eigenvalue weighted by atomic mass is 16.1. The van der Waals surface area contributed by atoms with Crippen molar-refractivity contribution < 1.29 is 9.59 Å². The quantitative estimate of drug-likeness (QED) is 0.661. The monoisotopic (exact) mass is 312 g/mol. The molecule has 0 spiro atoms. The summed E-state index contributed by atoms with van der Waals surface area (Å²) in [7, 11) is 0. The largest absolute Gasteiger partial charge is 0.300 e. The first-order valence-corrected chi connectivity index (χ1v) is 9.30. The van der Waals surface area contributed by atoms with E-state index in [0.717, 1.165) is 19.3 Å². The minimum Gasteiger partial charge on any atom is -0.300 e. The van der Waals surface area contributed by atoms with E-state index in [1.807, 2.05) is 6.08 Å². The lowest BCUT2D eigenvalue weighted by Crippen LogP contribution is -2.46. The molecule has 4 aliphatic rings. The Morgan fingerprint density at radius 3 is 2.65 bits per heavy atom. The molecule has 124 valence electrons. The third-order valence-corrected chi connectivity index (χ3v) is 7.89. The smallest absolute Gasteiger partial charge is 0.155 e. The minimum atomic E-state index is 0.177. The molecular weight excluding hydrogens is 284 g/mol. The van der Waals surface area contributed by atoms with Crippen LogP contribution in [0.3, 0.4) is 0 Å². The molecule has 0 unspecified atom stereocenters. The molecule has 0 N–H and O–H groups in total. The Bertz CT molecular complexity index is 640. The van der Waals surface area contributed by atoms with Crippen LogP contribution in [0.5, 0.6) is 0 Å². The number of fused-ring (bicyclic) bond motifs is 5. The maximum absolute atomic E-state index is 12.1. The average Bonchev–Trinajstić information content (AvgIpc) is 2.85. The van der Waals surface area contributed by atoms with E-state index in [-0.39, 0.29) is 16.7 Å². The summed E-state index contributed by atoms with van der Waals surface area (Å²) in [4.78, 5) is 24.0. The van der Waals surface area contributed by atoms with Crippen molar-refractivity contribution in [3.63, 3.8) is 0 Å². The van der Waals surface area contributed by atoms with Gasteiger partial charge >= 0.3 is 0 Å². The van der Waals surface area contributed by atoms with Crippen molar-refractivity contribution in [2.45, 2.75) is 65.7 Å². The van der Waals surface area contributed by atoms with Crippen LogP contribution in [-0.4, -0.2) is 11.6 Å². The van der Waals surface area contributed by atoms with Crippen LogP contribution in [0.2, 0.25) is 0 Å². The molecule has 2 nitrogen and oxygen atoms in total. The highest BCUT2D eigenvalue weighted by Crippen LogP contribution is 2.65. The number of hydrogen-bond donors (Lipinski definition) is 0. The van der Waals surface area contributed by atoms with Gasteiger partial charge in [0.1, 0.15) is 5.78 Å². The standard InChI is InChI=1S/C21H28O2/c1-13(22)17-6-7-18-16-5-4-14-12-15(23)8-10-20(14,2)19(16)9-11-21(17,18)3/h5,12,17-19H,4,6-11H2,1-3H3/t17-,18+,19+,20-,21-/m1/s1. The summed E-state index contributed by atoms with van der Waals surface area (Å²) in [6.07, 6.45) is 11.6. The van der Waals surface area contributed by atoms with Gasteiger partial charge in [0.2, 0.25) is 0 Å². The van der Waals surface area contributed by atoms with Gasteiger partial charge in [0.05, 0.1) is 0 Å². The molecule has 0 heterocycles. The molecule has 2 fully saturated rings. The van der Waals surface area contributed by atoms with Crippen molar-refractivity contribution in [3.05, 3.63) is 23.3 Å². The molecule has 0 aromatic rings. The zero-order valence-electron chi connectivity index (χ0n) is 14.7. The van der Waals surface area contributed by atoms with E-state index in [4.69, 9.17) is 0 Å². The third-order valence-electron chi connectivity index (χ3n) is 7.89. The molecule has 0 saturated heterocycles. The zero-order valence-corrected chi connectivity index (χ0v) is 14.7. The number of Topliss-reactive ketones (excluding diaryl/α,β-unsaturated/α-hetero) is 1. The fraction of sp³-hybridized carbons (Fsp3) is 0.714. The van der Waals surface area contributed by atoms with Crippen molar-refractivity contribution in [1.29, 1.82) is 0 Å². The molecular formula is C21H28O2. The highest BCUT2D eigenvalue weighted by molar-refractivity contribution is 5.91. The van der Waals surface area contributed by atoms with E-state index in [1.165, 1.54) is 24.8 Å². The Morgan fingerprint density at radius 1 is 1.13 bits per heavy atom. The summed E-state index contributed by atoms with van der Waals surface area (Å²) >= 11 is 0. The molecule has 0 aliphatic heterocycles. The van der Waals surface area contributed by atoms with Crippen LogP contribution in [0.4, 0.5) is 0 Å². The number of carbonyl (C=O) groups excluding carboxylic acids is 2. The zero-order chi connectivity index (χ0) is 16.4. The molecule has 0 aromatic carbocycles. The van der Waals surface area contributed by atoms with Crippen molar-refractivity contribution in [2.75, 3.05) is 0 Å². The van der Waals surface area contributed by atoms with Gasteiger partial charge in [0.25, 0.3) is 0 Å². The minimum absolute atomic E-state index is 0.177. The van der Waals surface area contributed by atoms with Gasteiger partial charge < -0.3 is 0 Å². The maximum Gasteiger partial charge on any atom is 0.155 e. The van der Waals surface area contributed by atoms with Crippen molar-refractivity contribution >= 4 is 11.6 Å². The van der Waals surface area contributed by atoms with Gasteiger partial charge in [-0.2, -0.15) is 0 Å². The fourth-order valence-electron chi connectivity index (χ4n) is 6.53. The Hall–Kier alpha value is -1.18. The lowest BCUT2D eigenvalue weighted by atomic mass is 9.50. The summed E-state index contributed by atoms with van der Waals surface area (Å²) in [5.74, 6) is 2.14. The Labute approximate surface area is 139 Å². The van der Waals surface area contributed by atoms with Gasteiger partial charge in [-0.1, -0.05) is 31.1 Å². The van der Waals surface area contributed by atoms with Gasteiger partial charge in [-0.25, -0.2) is 0 Å². The first-order chi connectivity index (χ1) is 10.9. The first-order valence-electron chi connectivity index (χ1n) is 9.30. The van der Waals surface area contributed by atoms with Crippen LogP contribution in [-0.2, 0) is 9.59 Å². The molecule has 2 heteroatoms. The number of hydrogen-bond acceptors (Lipinski definition) is 2. The van der Waals surface area contributed by atoms with Gasteiger partial charge in [-0.3, -0.25) is 9.59 Å². The molecule has 0 aromatic heterocycles. The molecule has 4 rings (SSSR count). The predicted molar refractivity (Wildman–Crippen MR) is 90.9 cm³/mol. The van der Waals surface area contributed by atoms with Gasteiger partial charge in [0.15, 0.2) is 5.78 Å². The van der Waals surface area contributed by atoms with Crippen LogP contribution in [0, 0.1) is 28.6 Å². The van der Waals surface area contributed by atoms with E-state index in [0.29, 0.717) is 29.8 Å². The second-order valence-electron chi connectivity index (χ2n) is 8.85. The lowest BCUT2D eigenvalue weighted by molar-refractivity contribution is -0.125. The predicted octanol–water partition coefficient (Wildman–Crippen LogP) is 4.64. The molecule has 2 saturated carbocycles. The summed E-state index contributed by atoms with van der Waals surface area (Å²) in [5, 5.41) is 0. The Morgan fingerprint density at radius 2 is 1.91 bits per heavy atom. The first kappa shape index (κ1) is 15.4. The summed E-state index contributed by atoms with van der Waals surface area (Å²) in [6, 6.07) is 0. The van der Waals surface area contributed by atoms with E-state index in [1.54, 1.807) is 12.5 Å². The average molecular weight is 312 g/mol. The highest BCUT2D eigenvalue weighted by Gasteiger charge is 2.57. The fourth-order valence-corrected chi connectivity index (χ4v) is 6.53. The van der Waals surface area contributed by atoms with E-state index >= 15 is 0 Å². The van der Waals surface area contributed by atoms with E-state index in [9.17, 15) is 9.59 Å². The van der Waals surface area contributed by atoms with Crippen molar-refractivity contribution in [1.82, 2.24) is 0 Å². The van der Waals surface area contributed by atoms with Crippen LogP contribution < -0.4 is 0 Å². The summed E-state index contributed by atoms with van der Waals surface area (Å²) in [6.45, 7) is 6.55. The molecule has 23 heavy (non-hydrogen) atoms. The van der Waals surface area contributed by atoms with Crippen molar-refractivity contribution in [2.24, 2.45) is 28.6 Å². The van der Waals surface area contributed by atoms with E-state index in [2.05, 4.69) is 19.9 Å². The maximum atomic E-state index is 12.1. The van der Waals surface area contributed by atoms with Crippen LogP contribution in [0.1, 0.15) is 65.7 Å². The van der Waals surface area contributed by atoms with Gasteiger partial charge in [-0.05, 0) is 74.2 Å². The SMILES string of the molecule is CC(=O)[C@H]1CC[C@H]2C3=CCC4=CC(=O)CC[C@@]4(C)[C@H]3CC[C@]12C. The summed E-state index contributed by atoms with van der Waals surface area (Å²) in [5.41, 5.74) is 3.37. The number of carbonyl (C=O) groups is 2. The molecule has 4 aliphatic carbocycles. The van der Waals surface area contributed by atoms with Gasteiger partial charge in [0, 0.05) is 12.3 Å². The van der Waals surface area contributed by atoms with E-state index < -0.39 is 0 Å². The lowest BCUT2D eigenvalue weighted by Gasteiger charge is -2.54. The summed E-state index contributed by atoms with van der Waals surface area (Å²) < 4.78 is 0. The number of allylic oxidation sites excluding steroid dienone is 4. The number of rotatable bonds is 1. The second-order valence-corrected chi connectivity index (χ2v) is 8.85. The molecule has 0 radical (unpaired) electrons. The van der Waals surface area contributed by atoms with Gasteiger partial charge in [-0.15, -0.1) is 0 Å². The van der Waals surface area contributed by atoms with Crippen LogP contribution in [0.25, 0.3) is 0 Å². The van der Waals surface area contributed by atoms with Crippen molar-refractivity contribution in [3.8, 4) is 0 Å². The topological polar surface area (TPSA) is 34.1 Å². The molecule has 5 atom stereocenters. The third kappa shape index (κ3) is 1.99. The molecule has 0 bridgehead atoms.